The molecule has 0 aliphatic heterocycles. The van der Waals surface area contributed by atoms with Gasteiger partial charge >= 0.3 is 0 Å². The molecule has 0 unspecified atom stereocenters. The van der Waals surface area contributed by atoms with Gasteiger partial charge in [0.1, 0.15) is 12.3 Å². The SMILES string of the molecule is COc1ccc(-n2nnnc2Cn2nnc(-c3ccc(NC(C)=O)c(Cl)c3)n2)cc1. The minimum Gasteiger partial charge on any atom is -0.497 e. The van der Waals surface area contributed by atoms with Gasteiger partial charge in [0.15, 0.2) is 5.82 Å². The largest absolute Gasteiger partial charge is 0.497 e. The van der Waals surface area contributed by atoms with Crippen molar-refractivity contribution in [2.45, 2.75) is 13.5 Å². The molecule has 2 heterocycles. The Bertz CT molecular complexity index is 1190. The Morgan fingerprint density at radius 2 is 1.93 bits per heavy atom. The minimum atomic E-state index is -0.205. The van der Waals surface area contributed by atoms with Crippen LogP contribution in [0.15, 0.2) is 42.5 Å². The van der Waals surface area contributed by atoms with E-state index in [-0.39, 0.29) is 12.5 Å². The third-order valence-corrected chi connectivity index (χ3v) is 4.44. The van der Waals surface area contributed by atoms with E-state index >= 15 is 0 Å². The summed E-state index contributed by atoms with van der Waals surface area (Å²) < 4.78 is 6.75. The second kappa shape index (κ2) is 8.25. The quantitative estimate of drug-likeness (QED) is 0.497. The molecule has 0 radical (unpaired) electrons. The molecule has 12 heteroatoms. The van der Waals surface area contributed by atoms with Crippen LogP contribution < -0.4 is 10.1 Å². The zero-order valence-corrected chi connectivity index (χ0v) is 16.8. The molecular formula is C18H16ClN9O2. The predicted molar refractivity (Wildman–Crippen MR) is 107 cm³/mol. The second-order valence-electron chi connectivity index (χ2n) is 6.22. The van der Waals surface area contributed by atoms with Crippen LogP contribution >= 0.6 is 11.6 Å². The molecular weight excluding hydrogens is 410 g/mol. The molecule has 2 aromatic carbocycles. The number of carbonyl (C=O) groups is 1. The van der Waals surface area contributed by atoms with Crippen molar-refractivity contribution in [3.63, 3.8) is 0 Å². The number of nitrogens with one attached hydrogen (secondary N) is 1. The zero-order chi connectivity index (χ0) is 21.1. The highest BCUT2D eigenvalue weighted by Gasteiger charge is 2.13. The summed E-state index contributed by atoms with van der Waals surface area (Å²) in [4.78, 5) is 12.6. The number of rotatable bonds is 6. The highest BCUT2D eigenvalue weighted by molar-refractivity contribution is 6.34. The van der Waals surface area contributed by atoms with E-state index in [0.717, 1.165) is 11.4 Å². The summed E-state index contributed by atoms with van der Waals surface area (Å²) in [5.41, 5.74) is 1.95. The number of benzene rings is 2. The second-order valence-corrected chi connectivity index (χ2v) is 6.63. The van der Waals surface area contributed by atoms with Crippen LogP contribution in [0.2, 0.25) is 5.02 Å². The van der Waals surface area contributed by atoms with Gasteiger partial charge in [-0.05, 0) is 58.1 Å². The molecule has 11 nitrogen and oxygen atoms in total. The smallest absolute Gasteiger partial charge is 0.221 e. The van der Waals surface area contributed by atoms with E-state index in [4.69, 9.17) is 16.3 Å². The molecule has 0 saturated heterocycles. The highest BCUT2D eigenvalue weighted by atomic mass is 35.5. The fourth-order valence-corrected chi connectivity index (χ4v) is 2.95. The number of aromatic nitrogens is 8. The third kappa shape index (κ3) is 4.10. The lowest BCUT2D eigenvalue weighted by atomic mass is 10.2. The van der Waals surface area contributed by atoms with E-state index in [9.17, 15) is 4.79 Å². The normalized spacial score (nSPS) is 10.8. The molecule has 4 aromatic rings. The van der Waals surface area contributed by atoms with Gasteiger partial charge in [-0.2, -0.15) is 9.48 Å². The summed E-state index contributed by atoms with van der Waals surface area (Å²) in [6.07, 6.45) is 0. The lowest BCUT2D eigenvalue weighted by molar-refractivity contribution is -0.114. The van der Waals surface area contributed by atoms with Crippen molar-refractivity contribution in [1.82, 2.24) is 40.4 Å². The number of methoxy groups -OCH3 is 1. The van der Waals surface area contributed by atoms with Crippen LogP contribution in [0, 0.1) is 0 Å². The first kappa shape index (κ1) is 19.5. The summed E-state index contributed by atoms with van der Waals surface area (Å²) in [7, 11) is 1.60. The molecule has 1 amide bonds. The van der Waals surface area contributed by atoms with Gasteiger partial charge in [-0.1, -0.05) is 11.6 Å². The summed E-state index contributed by atoms with van der Waals surface area (Å²) in [5.74, 6) is 1.44. The lowest BCUT2D eigenvalue weighted by Crippen LogP contribution is -2.11. The first-order valence-corrected chi connectivity index (χ1v) is 9.18. The Morgan fingerprint density at radius 1 is 1.13 bits per heavy atom. The van der Waals surface area contributed by atoms with Crippen LogP contribution in [0.5, 0.6) is 5.75 Å². The van der Waals surface area contributed by atoms with Crippen molar-refractivity contribution in [2.75, 3.05) is 12.4 Å². The van der Waals surface area contributed by atoms with Crippen molar-refractivity contribution in [3.05, 3.63) is 53.3 Å². The van der Waals surface area contributed by atoms with Crippen molar-refractivity contribution in [2.24, 2.45) is 0 Å². The van der Waals surface area contributed by atoms with E-state index in [0.29, 0.717) is 27.9 Å². The molecule has 0 aliphatic rings. The Labute approximate surface area is 175 Å². The zero-order valence-electron chi connectivity index (χ0n) is 16.0. The maximum Gasteiger partial charge on any atom is 0.221 e. The molecule has 30 heavy (non-hydrogen) atoms. The predicted octanol–water partition coefficient (Wildman–Crippen LogP) is 1.98. The van der Waals surface area contributed by atoms with Gasteiger partial charge in [-0.3, -0.25) is 4.79 Å². The first-order chi connectivity index (χ1) is 14.5. The van der Waals surface area contributed by atoms with Crippen molar-refractivity contribution in [1.29, 1.82) is 0 Å². The molecule has 4 rings (SSSR count). The fourth-order valence-electron chi connectivity index (χ4n) is 2.73. The maximum atomic E-state index is 11.2. The average molecular weight is 426 g/mol. The van der Waals surface area contributed by atoms with Gasteiger partial charge in [-0.25, -0.2) is 0 Å². The maximum absolute atomic E-state index is 11.2. The summed E-state index contributed by atoms with van der Waals surface area (Å²) >= 11 is 6.22. The van der Waals surface area contributed by atoms with E-state index in [1.807, 2.05) is 24.3 Å². The average Bonchev–Trinajstić information content (AvgIpc) is 3.39. The molecule has 152 valence electrons. The molecule has 0 bridgehead atoms. The summed E-state index contributed by atoms with van der Waals surface area (Å²) in [5, 5.41) is 27.3. The number of carbonyl (C=O) groups excluding carboxylic acids is 1. The van der Waals surface area contributed by atoms with Gasteiger partial charge in [0.2, 0.25) is 11.7 Å². The van der Waals surface area contributed by atoms with E-state index < -0.39 is 0 Å². The molecule has 0 fully saturated rings. The monoisotopic (exact) mass is 425 g/mol. The van der Waals surface area contributed by atoms with E-state index in [2.05, 4.69) is 36.3 Å². The number of amides is 1. The number of halogens is 1. The van der Waals surface area contributed by atoms with Crippen LogP contribution in [0.25, 0.3) is 17.1 Å². The Balaban J connectivity index is 1.54. The summed E-state index contributed by atoms with van der Waals surface area (Å²) in [6.45, 7) is 1.63. The number of hydrogen-bond donors (Lipinski definition) is 1. The number of nitrogens with zero attached hydrogens (tertiary/aromatic N) is 8. The topological polar surface area (TPSA) is 126 Å². The fraction of sp³-hybridized carbons (Fsp3) is 0.167. The number of tetrazole rings is 2. The van der Waals surface area contributed by atoms with Crippen LogP contribution in [-0.4, -0.2) is 53.4 Å². The molecule has 1 N–H and O–H groups in total. The number of anilines is 1. The van der Waals surface area contributed by atoms with Crippen LogP contribution in [0.1, 0.15) is 12.7 Å². The standard InChI is InChI=1S/C18H16ClN9O2/c1-11(29)20-16-8-3-12(9-15(16)19)18-22-25-27(23-18)10-17-21-24-26-28(17)13-4-6-14(30-2)7-5-13/h3-9H,10H2,1-2H3,(H,20,29). The van der Waals surface area contributed by atoms with Gasteiger partial charge in [0.05, 0.1) is 23.5 Å². The summed E-state index contributed by atoms with van der Waals surface area (Å²) in [6, 6.07) is 12.4. The van der Waals surface area contributed by atoms with Gasteiger partial charge in [0, 0.05) is 12.5 Å². The Kier molecular flexibility index (Phi) is 5.35. The van der Waals surface area contributed by atoms with Crippen molar-refractivity contribution < 1.29 is 9.53 Å². The number of hydrogen-bond acceptors (Lipinski definition) is 8. The number of ether oxygens (including phenoxy) is 1. The third-order valence-electron chi connectivity index (χ3n) is 4.12. The van der Waals surface area contributed by atoms with Crippen molar-refractivity contribution >= 4 is 23.2 Å². The lowest BCUT2D eigenvalue weighted by Gasteiger charge is -2.05. The van der Waals surface area contributed by atoms with Gasteiger partial charge < -0.3 is 10.1 Å². The molecule has 2 aromatic heterocycles. The van der Waals surface area contributed by atoms with Gasteiger partial charge in [0.25, 0.3) is 0 Å². The highest BCUT2D eigenvalue weighted by Crippen LogP contribution is 2.27. The van der Waals surface area contributed by atoms with Crippen molar-refractivity contribution in [3.8, 4) is 22.8 Å². The van der Waals surface area contributed by atoms with E-state index in [1.54, 1.807) is 30.0 Å². The molecule has 0 spiro atoms. The van der Waals surface area contributed by atoms with Crippen LogP contribution in [-0.2, 0) is 11.3 Å². The molecule has 0 aliphatic carbocycles. The Morgan fingerprint density at radius 3 is 2.63 bits per heavy atom. The minimum absolute atomic E-state index is 0.205. The molecule has 0 saturated carbocycles. The van der Waals surface area contributed by atoms with E-state index in [1.165, 1.54) is 11.7 Å². The first-order valence-electron chi connectivity index (χ1n) is 8.80. The van der Waals surface area contributed by atoms with Crippen LogP contribution in [0.4, 0.5) is 5.69 Å². The molecule has 0 atom stereocenters. The Hall–Kier alpha value is -3.86. The van der Waals surface area contributed by atoms with Crippen LogP contribution in [0.3, 0.4) is 0 Å². The van der Waals surface area contributed by atoms with Gasteiger partial charge in [-0.15, -0.1) is 15.3 Å².